The van der Waals surface area contributed by atoms with Crippen molar-refractivity contribution in [3.63, 3.8) is 0 Å². The van der Waals surface area contributed by atoms with Gasteiger partial charge in [-0.05, 0) is 36.8 Å². The Bertz CT molecular complexity index is 777. The molecule has 2 amide bonds. The van der Waals surface area contributed by atoms with Crippen molar-refractivity contribution in [3.8, 4) is 0 Å². The second kappa shape index (κ2) is 8.09. The van der Waals surface area contributed by atoms with Gasteiger partial charge in [-0.15, -0.1) is 0 Å². The van der Waals surface area contributed by atoms with E-state index in [0.717, 1.165) is 56.4 Å². The minimum atomic E-state index is 0.0562. The molecule has 142 valence electrons. The van der Waals surface area contributed by atoms with Crippen molar-refractivity contribution in [1.29, 1.82) is 0 Å². The fourth-order valence-corrected chi connectivity index (χ4v) is 4.04. The first-order valence-corrected chi connectivity index (χ1v) is 9.93. The van der Waals surface area contributed by atoms with Crippen molar-refractivity contribution < 1.29 is 4.79 Å². The van der Waals surface area contributed by atoms with E-state index in [2.05, 4.69) is 45.4 Å². The summed E-state index contributed by atoms with van der Waals surface area (Å²) in [6.45, 7) is 4.97. The molecule has 2 aromatic rings. The van der Waals surface area contributed by atoms with Crippen LogP contribution in [0.4, 0.5) is 16.2 Å². The van der Waals surface area contributed by atoms with Crippen molar-refractivity contribution in [2.75, 3.05) is 49.1 Å². The van der Waals surface area contributed by atoms with Crippen LogP contribution >= 0.6 is 11.6 Å². The molecule has 2 aliphatic heterocycles. The largest absolute Gasteiger partial charge is 0.369 e. The quantitative estimate of drug-likeness (QED) is 0.880. The lowest BCUT2D eigenvalue weighted by molar-refractivity contribution is 0.191. The molecule has 4 rings (SSSR count). The number of nitrogens with zero attached hydrogens (tertiary/aromatic N) is 3. The molecule has 2 saturated heterocycles. The van der Waals surface area contributed by atoms with Gasteiger partial charge >= 0.3 is 6.03 Å². The predicted octanol–water partition coefficient (Wildman–Crippen LogP) is 3.45. The number of carbonyl (C=O) groups excluding carboxylic acids is 1. The highest BCUT2D eigenvalue weighted by Gasteiger charge is 2.27. The van der Waals surface area contributed by atoms with Crippen LogP contribution in [0.15, 0.2) is 54.6 Å². The van der Waals surface area contributed by atoms with Crippen molar-refractivity contribution in [3.05, 3.63) is 59.6 Å². The minimum Gasteiger partial charge on any atom is -0.369 e. The summed E-state index contributed by atoms with van der Waals surface area (Å²) in [5.74, 6) is 0. The molecule has 27 heavy (non-hydrogen) atoms. The van der Waals surface area contributed by atoms with Gasteiger partial charge < -0.3 is 20.0 Å². The fourth-order valence-electron chi connectivity index (χ4n) is 3.86. The highest BCUT2D eigenvalue weighted by Crippen LogP contribution is 2.22. The van der Waals surface area contributed by atoms with Crippen LogP contribution in [0.25, 0.3) is 0 Å². The maximum atomic E-state index is 12.7. The highest BCUT2D eigenvalue weighted by molar-refractivity contribution is 6.30. The lowest BCUT2D eigenvalue weighted by Gasteiger charge is -2.36. The first-order chi connectivity index (χ1) is 13.2. The number of urea groups is 1. The van der Waals surface area contributed by atoms with Gasteiger partial charge in [-0.2, -0.15) is 0 Å². The van der Waals surface area contributed by atoms with Gasteiger partial charge in [0, 0.05) is 61.7 Å². The molecular formula is C21H25ClN4O. The number of benzene rings is 2. The molecule has 2 fully saturated rings. The van der Waals surface area contributed by atoms with Crippen molar-refractivity contribution >= 4 is 29.0 Å². The maximum absolute atomic E-state index is 12.7. The summed E-state index contributed by atoms with van der Waals surface area (Å²) in [6, 6.07) is 18.6. The first-order valence-electron chi connectivity index (χ1n) is 9.55. The summed E-state index contributed by atoms with van der Waals surface area (Å²) in [4.78, 5) is 19.2. The third-order valence-corrected chi connectivity index (χ3v) is 5.61. The zero-order chi connectivity index (χ0) is 18.6. The Hall–Kier alpha value is -2.40. The number of hydrogen-bond acceptors (Lipinski definition) is 3. The first kappa shape index (κ1) is 18.0. The van der Waals surface area contributed by atoms with Crippen LogP contribution in [0.3, 0.4) is 0 Å². The number of nitrogens with one attached hydrogen (secondary N) is 1. The van der Waals surface area contributed by atoms with Crippen molar-refractivity contribution in [1.82, 2.24) is 10.2 Å². The Kier molecular flexibility index (Phi) is 5.39. The molecule has 2 aromatic carbocycles. The standard InChI is InChI=1S/C21H25ClN4O/c22-17-5-4-8-20(15-17)24-11-13-25(14-12-24)21(27)23-18-9-10-26(16-18)19-6-2-1-3-7-19/h1-8,15,18H,9-14,16H2,(H,23,27). The van der Waals surface area contributed by atoms with Crippen LogP contribution in [-0.4, -0.2) is 56.2 Å². The molecular weight excluding hydrogens is 360 g/mol. The molecule has 2 heterocycles. The Morgan fingerprint density at radius 3 is 2.37 bits per heavy atom. The van der Waals surface area contributed by atoms with Gasteiger partial charge in [0.15, 0.2) is 0 Å². The molecule has 0 saturated carbocycles. The number of halogens is 1. The van der Waals surface area contributed by atoms with Crippen LogP contribution in [0.2, 0.25) is 5.02 Å². The molecule has 0 aromatic heterocycles. The van der Waals surface area contributed by atoms with Gasteiger partial charge in [0.25, 0.3) is 0 Å². The van der Waals surface area contributed by atoms with E-state index in [-0.39, 0.29) is 12.1 Å². The normalized spacial score (nSPS) is 20.0. The highest BCUT2D eigenvalue weighted by atomic mass is 35.5. The van der Waals surface area contributed by atoms with E-state index in [4.69, 9.17) is 11.6 Å². The van der Waals surface area contributed by atoms with E-state index in [0.29, 0.717) is 0 Å². The number of para-hydroxylation sites is 1. The fraction of sp³-hybridized carbons (Fsp3) is 0.381. The second-order valence-corrected chi connectivity index (χ2v) is 7.61. The van der Waals surface area contributed by atoms with E-state index in [1.165, 1.54) is 5.69 Å². The van der Waals surface area contributed by atoms with E-state index in [1.54, 1.807) is 0 Å². The van der Waals surface area contributed by atoms with Gasteiger partial charge in [-0.25, -0.2) is 4.79 Å². The average Bonchev–Trinajstić information content (AvgIpc) is 3.17. The van der Waals surface area contributed by atoms with Crippen molar-refractivity contribution in [2.24, 2.45) is 0 Å². The zero-order valence-electron chi connectivity index (χ0n) is 15.4. The van der Waals surface area contributed by atoms with Gasteiger partial charge in [0.05, 0.1) is 0 Å². The molecule has 1 unspecified atom stereocenters. The lowest BCUT2D eigenvalue weighted by atomic mass is 10.2. The summed E-state index contributed by atoms with van der Waals surface area (Å²) in [6.07, 6.45) is 0.989. The molecule has 2 aliphatic rings. The summed E-state index contributed by atoms with van der Waals surface area (Å²) in [7, 11) is 0. The summed E-state index contributed by atoms with van der Waals surface area (Å²) in [5.41, 5.74) is 2.35. The smallest absolute Gasteiger partial charge is 0.317 e. The van der Waals surface area contributed by atoms with E-state index in [9.17, 15) is 4.79 Å². The molecule has 5 nitrogen and oxygen atoms in total. The number of hydrogen-bond donors (Lipinski definition) is 1. The maximum Gasteiger partial charge on any atom is 0.317 e. The van der Waals surface area contributed by atoms with E-state index < -0.39 is 0 Å². The number of piperazine rings is 1. The summed E-state index contributed by atoms with van der Waals surface area (Å²) in [5, 5.41) is 3.96. The molecule has 1 atom stereocenters. The number of rotatable bonds is 3. The Morgan fingerprint density at radius 2 is 1.63 bits per heavy atom. The molecule has 0 radical (unpaired) electrons. The van der Waals surface area contributed by atoms with Crippen molar-refractivity contribution in [2.45, 2.75) is 12.5 Å². The zero-order valence-corrected chi connectivity index (χ0v) is 16.1. The molecule has 6 heteroatoms. The predicted molar refractivity (Wildman–Crippen MR) is 111 cm³/mol. The van der Waals surface area contributed by atoms with Crippen LogP contribution < -0.4 is 15.1 Å². The topological polar surface area (TPSA) is 38.8 Å². The SMILES string of the molecule is O=C(NC1CCN(c2ccccc2)C1)N1CCN(c2cccc(Cl)c2)CC1. The van der Waals surface area contributed by atoms with Gasteiger partial charge in [-0.1, -0.05) is 35.9 Å². The minimum absolute atomic E-state index is 0.0562. The summed E-state index contributed by atoms with van der Waals surface area (Å²) >= 11 is 6.09. The third-order valence-electron chi connectivity index (χ3n) is 5.38. The Morgan fingerprint density at radius 1 is 0.889 bits per heavy atom. The lowest BCUT2D eigenvalue weighted by Crippen LogP contribution is -2.53. The third kappa shape index (κ3) is 4.30. The number of anilines is 2. The molecule has 0 aliphatic carbocycles. The van der Waals surface area contributed by atoms with Crippen LogP contribution in [0.1, 0.15) is 6.42 Å². The molecule has 1 N–H and O–H groups in total. The molecule has 0 spiro atoms. The molecule has 0 bridgehead atoms. The van der Waals surface area contributed by atoms with Crippen LogP contribution in [0, 0.1) is 0 Å². The van der Waals surface area contributed by atoms with Gasteiger partial charge in [0.2, 0.25) is 0 Å². The monoisotopic (exact) mass is 384 g/mol. The van der Waals surface area contributed by atoms with Crippen LogP contribution in [0.5, 0.6) is 0 Å². The Balaban J connectivity index is 1.26. The Labute approximate surface area is 165 Å². The van der Waals surface area contributed by atoms with Crippen LogP contribution in [-0.2, 0) is 0 Å². The average molecular weight is 385 g/mol. The summed E-state index contributed by atoms with van der Waals surface area (Å²) < 4.78 is 0. The van der Waals surface area contributed by atoms with E-state index in [1.807, 2.05) is 29.2 Å². The number of carbonyl (C=O) groups is 1. The van der Waals surface area contributed by atoms with E-state index >= 15 is 0 Å². The van der Waals surface area contributed by atoms with Gasteiger partial charge in [0.1, 0.15) is 0 Å². The second-order valence-electron chi connectivity index (χ2n) is 7.17. The van der Waals surface area contributed by atoms with Gasteiger partial charge in [-0.3, -0.25) is 0 Å². The number of amides is 2.